The van der Waals surface area contributed by atoms with Gasteiger partial charge in [0.2, 0.25) is 0 Å². The Morgan fingerprint density at radius 2 is 1.50 bits per heavy atom. The largest absolute Gasteiger partial charge is 0.290 e. The van der Waals surface area contributed by atoms with Gasteiger partial charge in [0.15, 0.2) is 11.6 Å². The molecule has 0 amide bonds. The van der Waals surface area contributed by atoms with Gasteiger partial charge in [0, 0.05) is 15.6 Å². The van der Waals surface area contributed by atoms with Crippen LogP contribution in [0.2, 0.25) is 10.0 Å². The molecule has 0 aromatic heterocycles. The lowest BCUT2D eigenvalue weighted by molar-refractivity contribution is -0.113. The zero-order valence-electron chi connectivity index (χ0n) is 8.04. The van der Waals surface area contributed by atoms with Gasteiger partial charge in [0.05, 0.1) is 0 Å². The molecular weight excluding hydrogens is 247 g/mol. The molecule has 0 N–H and O–H groups in total. The SMILES string of the molecule is O=C1C=CC(=O)C(c2cc(Cl)cc(Cl)c2)=C1. The van der Waals surface area contributed by atoms with Crippen molar-refractivity contribution >= 4 is 40.3 Å². The number of benzene rings is 1. The van der Waals surface area contributed by atoms with Gasteiger partial charge < -0.3 is 0 Å². The summed E-state index contributed by atoms with van der Waals surface area (Å²) in [5.74, 6) is -0.441. The van der Waals surface area contributed by atoms with Crippen molar-refractivity contribution < 1.29 is 9.59 Å². The first-order valence-corrected chi connectivity index (χ1v) is 5.26. The molecule has 0 heterocycles. The van der Waals surface area contributed by atoms with Crippen molar-refractivity contribution in [2.24, 2.45) is 0 Å². The quantitative estimate of drug-likeness (QED) is 0.720. The lowest BCUT2D eigenvalue weighted by atomic mass is 9.96. The first-order chi connectivity index (χ1) is 7.56. The highest BCUT2D eigenvalue weighted by molar-refractivity contribution is 6.37. The minimum Gasteiger partial charge on any atom is -0.290 e. The summed E-state index contributed by atoms with van der Waals surface area (Å²) >= 11 is 11.7. The Morgan fingerprint density at radius 1 is 0.875 bits per heavy atom. The minimum absolute atomic E-state index is 0.217. The van der Waals surface area contributed by atoms with E-state index in [2.05, 4.69) is 0 Å². The average Bonchev–Trinajstić information content (AvgIpc) is 2.20. The van der Waals surface area contributed by atoms with Crippen LogP contribution in [0, 0.1) is 0 Å². The fourth-order valence-corrected chi connectivity index (χ4v) is 1.97. The molecule has 0 radical (unpaired) electrons. The molecule has 2 rings (SSSR count). The molecule has 1 aliphatic carbocycles. The molecule has 0 spiro atoms. The van der Waals surface area contributed by atoms with Gasteiger partial charge in [0.1, 0.15) is 0 Å². The van der Waals surface area contributed by atoms with Crippen LogP contribution in [0.15, 0.2) is 36.4 Å². The number of carbonyl (C=O) groups is 2. The van der Waals surface area contributed by atoms with Crippen LogP contribution < -0.4 is 0 Å². The number of ketones is 2. The molecule has 1 aromatic rings. The maximum atomic E-state index is 11.6. The van der Waals surface area contributed by atoms with E-state index < -0.39 is 0 Å². The number of allylic oxidation sites excluding steroid dienone is 4. The third kappa shape index (κ3) is 2.23. The molecule has 1 aliphatic rings. The number of halogens is 2. The lowest BCUT2D eigenvalue weighted by Gasteiger charge is -2.07. The number of hydrogen-bond donors (Lipinski definition) is 0. The summed E-state index contributed by atoms with van der Waals surface area (Å²) in [6.45, 7) is 0. The summed E-state index contributed by atoms with van der Waals surface area (Å²) in [5, 5.41) is 0.858. The van der Waals surface area contributed by atoms with E-state index in [0.717, 1.165) is 0 Å². The van der Waals surface area contributed by atoms with Crippen molar-refractivity contribution in [2.75, 3.05) is 0 Å². The van der Waals surface area contributed by atoms with E-state index in [1.54, 1.807) is 18.2 Å². The van der Waals surface area contributed by atoms with Crippen LogP contribution in [0.4, 0.5) is 0 Å². The zero-order chi connectivity index (χ0) is 11.7. The van der Waals surface area contributed by atoms with Crippen LogP contribution >= 0.6 is 23.2 Å². The molecule has 2 nitrogen and oxygen atoms in total. The average molecular weight is 253 g/mol. The second-order valence-electron chi connectivity index (χ2n) is 3.32. The van der Waals surface area contributed by atoms with Gasteiger partial charge in [-0.15, -0.1) is 0 Å². The Kier molecular flexibility index (Phi) is 2.95. The fraction of sp³-hybridized carbons (Fsp3) is 0. The van der Waals surface area contributed by atoms with Gasteiger partial charge in [-0.1, -0.05) is 23.2 Å². The molecule has 0 bridgehead atoms. The van der Waals surface area contributed by atoms with Crippen LogP contribution in [0.25, 0.3) is 5.57 Å². The van der Waals surface area contributed by atoms with Gasteiger partial charge in [0.25, 0.3) is 0 Å². The summed E-state index contributed by atoms with van der Waals surface area (Å²) in [4.78, 5) is 22.8. The van der Waals surface area contributed by atoms with Crippen LogP contribution in [0.5, 0.6) is 0 Å². The Hall–Kier alpha value is -1.38. The highest BCUT2D eigenvalue weighted by Gasteiger charge is 2.15. The first-order valence-electron chi connectivity index (χ1n) is 4.51. The van der Waals surface area contributed by atoms with Crippen LogP contribution in [-0.4, -0.2) is 11.6 Å². The van der Waals surface area contributed by atoms with Gasteiger partial charge in [-0.2, -0.15) is 0 Å². The lowest BCUT2D eigenvalue weighted by Crippen LogP contribution is -2.06. The second kappa shape index (κ2) is 4.24. The molecule has 0 fully saturated rings. The molecule has 0 saturated heterocycles. The number of rotatable bonds is 1. The first kappa shape index (κ1) is 11.1. The monoisotopic (exact) mass is 252 g/mol. The predicted molar refractivity (Wildman–Crippen MR) is 63.6 cm³/mol. The topological polar surface area (TPSA) is 34.1 Å². The molecule has 0 saturated carbocycles. The summed E-state index contributed by atoms with van der Waals surface area (Å²) in [5.41, 5.74) is 0.872. The Labute approximate surface area is 102 Å². The smallest absolute Gasteiger partial charge is 0.186 e. The Bertz CT molecular complexity index is 522. The summed E-state index contributed by atoms with van der Waals surface area (Å²) < 4.78 is 0. The molecule has 0 atom stereocenters. The maximum absolute atomic E-state index is 11.6. The van der Waals surface area contributed by atoms with E-state index in [-0.39, 0.29) is 11.6 Å². The summed E-state index contributed by atoms with van der Waals surface area (Å²) in [6, 6.07) is 4.77. The van der Waals surface area contributed by atoms with Crippen molar-refractivity contribution in [2.45, 2.75) is 0 Å². The van der Waals surface area contributed by atoms with Crippen molar-refractivity contribution in [3.8, 4) is 0 Å². The van der Waals surface area contributed by atoms with Crippen molar-refractivity contribution in [3.05, 3.63) is 52.0 Å². The minimum atomic E-state index is -0.224. The maximum Gasteiger partial charge on any atom is 0.186 e. The van der Waals surface area contributed by atoms with E-state index in [4.69, 9.17) is 23.2 Å². The van der Waals surface area contributed by atoms with E-state index in [9.17, 15) is 9.59 Å². The van der Waals surface area contributed by atoms with Crippen LogP contribution in [-0.2, 0) is 9.59 Å². The van der Waals surface area contributed by atoms with E-state index in [1.165, 1.54) is 18.2 Å². The number of hydrogen-bond acceptors (Lipinski definition) is 2. The van der Waals surface area contributed by atoms with Crippen molar-refractivity contribution in [3.63, 3.8) is 0 Å². The van der Waals surface area contributed by atoms with E-state index >= 15 is 0 Å². The fourth-order valence-electron chi connectivity index (χ4n) is 1.44. The standard InChI is InChI=1S/C12H6Cl2O2/c13-8-3-7(4-9(14)5-8)11-6-10(15)1-2-12(11)16/h1-6H. The predicted octanol–water partition coefficient (Wildman–Crippen LogP) is 3.08. The van der Waals surface area contributed by atoms with Gasteiger partial charge in [-0.05, 0) is 42.0 Å². The molecule has 1 aromatic carbocycles. The van der Waals surface area contributed by atoms with Gasteiger partial charge in [-0.25, -0.2) is 0 Å². The van der Waals surface area contributed by atoms with Crippen LogP contribution in [0.1, 0.15) is 5.56 Å². The van der Waals surface area contributed by atoms with Gasteiger partial charge in [-0.3, -0.25) is 9.59 Å². The highest BCUT2D eigenvalue weighted by atomic mass is 35.5. The molecule has 4 heteroatoms. The summed E-state index contributed by atoms with van der Waals surface area (Å²) in [6.07, 6.45) is 3.76. The van der Waals surface area contributed by atoms with E-state index in [0.29, 0.717) is 21.2 Å². The molecule has 0 unspecified atom stereocenters. The second-order valence-corrected chi connectivity index (χ2v) is 4.19. The third-order valence-electron chi connectivity index (χ3n) is 2.12. The summed E-state index contributed by atoms with van der Waals surface area (Å²) in [7, 11) is 0. The molecule has 80 valence electrons. The number of carbonyl (C=O) groups excluding carboxylic acids is 2. The molecule has 0 aliphatic heterocycles. The third-order valence-corrected chi connectivity index (χ3v) is 2.56. The van der Waals surface area contributed by atoms with E-state index in [1.807, 2.05) is 0 Å². The zero-order valence-corrected chi connectivity index (χ0v) is 9.55. The molecular formula is C12H6Cl2O2. The molecule has 16 heavy (non-hydrogen) atoms. The van der Waals surface area contributed by atoms with Crippen molar-refractivity contribution in [1.29, 1.82) is 0 Å². The normalized spacial score (nSPS) is 15.2. The van der Waals surface area contributed by atoms with Gasteiger partial charge >= 0.3 is 0 Å². The highest BCUT2D eigenvalue weighted by Crippen LogP contribution is 2.26. The Morgan fingerprint density at radius 3 is 2.12 bits per heavy atom. The van der Waals surface area contributed by atoms with Crippen LogP contribution in [0.3, 0.4) is 0 Å². The van der Waals surface area contributed by atoms with Crippen molar-refractivity contribution in [1.82, 2.24) is 0 Å². The Balaban J connectivity index is 2.52.